The van der Waals surface area contributed by atoms with Gasteiger partial charge >= 0.3 is 0 Å². The average molecular weight is 383 g/mol. The van der Waals surface area contributed by atoms with Gasteiger partial charge in [-0.15, -0.1) is 0 Å². The van der Waals surface area contributed by atoms with Crippen molar-refractivity contribution in [3.05, 3.63) is 59.7 Å². The fourth-order valence-electron chi connectivity index (χ4n) is 3.66. The highest BCUT2D eigenvalue weighted by molar-refractivity contribution is 7.84. The number of nitriles is 1. The van der Waals surface area contributed by atoms with Gasteiger partial charge in [-0.1, -0.05) is 12.1 Å². The molecule has 27 heavy (non-hydrogen) atoms. The van der Waals surface area contributed by atoms with Crippen molar-refractivity contribution in [2.75, 3.05) is 26.0 Å². The van der Waals surface area contributed by atoms with Crippen molar-refractivity contribution in [1.29, 1.82) is 5.26 Å². The molecule has 5 heteroatoms. The van der Waals surface area contributed by atoms with Gasteiger partial charge in [0.2, 0.25) is 0 Å². The predicted octanol–water partition coefficient (Wildman–Crippen LogP) is 3.63. The third-order valence-corrected chi connectivity index (χ3v) is 6.11. The van der Waals surface area contributed by atoms with Gasteiger partial charge in [-0.2, -0.15) is 5.26 Å². The second-order valence-corrected chi connectivity index (χ2v) is 8.62. The first-order valence-corrected chi connectivity index (χ1v) is 10.9. The summed E-state index contributed by atoms with van der Waals surface area (Å²) in [5.74, 6) is 1.36. The van der Waals surface area contributed by atoms with E-state index in [4.69, 9.17) is 10.00 Å². The number of benzene rings is 2. The predicted molar refractivity (Wildman–Crippen MR) is 108 cm³/mol. The van der Waals surface area contributed by atoms with Gasteiger partial charge in [-0.05, 0) is 61.7 Å². The molecule has 1 fully saturated rings. The maximum absolute atomic E-state index is 11.4. The van der Waals surface area contributed by atoms with E-state index in [0.717, 1.165) is 42.1 Å². The molecule has 0 spiro atoms. The number of hydrogen-bond acceptors (Lipinski definition) is 4. The van der Waals surface area contributed by atoms with Gasteiger partial charge in [-0.25, -0.2) is 0 Å². The molecule has 1 saturated heterocycles. The highest BCUT2D eigenvalue weighted by Gasteiger charge is 2.29. The van der Waals surface area contributed by atoms with Crippen LogP contribution in [0.25, 0.3) is 0 Å². The first-order valence-electron chi connectivity index (χ1n) is 9.34. The first kappa shape index (κ1) is 19.6. The van der Waals surface area contributed by atoms with Crippen molar-refractivity contribution >= 4 is 10.8 Å². The molecule has 0 aromatic heterocycles. The minimum atomic E-state index is -0.953. The lowest BCUT2D eigenvalue weighted by Crippen LogP contribution is -2.29. The Morgan fingerprint density at radius 1 is 1.26 bits per heavy atom. The Labute approximate surface area is 164 Å². The minimum absolute atomic E-state index is 0.519. The summed E-state index contributed by atoms with van der Waals surface area (Å²) in [5, 5.41) is 9.02. The van der Waals surface area contributed by atoms with Crippen molar-refractivity contribution in [2.24, 2.45) is 5.92 Å². The quantitative estimate of drug-likeness (QED) is 0.734. The molecular weight excluding hydrogens is 356 g/mol. The molecule has 0 bridgehead atoms. The fraction of sp³-hybridized carbons (Fsp3) is 0.409. The summed E-state index contributed by atoms with van der Waals surface area (Å²) >= 11 is 0. The largest absolute Gasteiger partial charge is 0.493 e. The maximum Gasteiger partial charge on any atom is 0.119 e. The number of rotatable bonds is 7. The highest BCUT2D eigenvalue weighted by atomic mass is 32.2. The molecular formula is C22H26N2O2S. The van der Waals surface area contributed by atoms with Crippen molar-refractivity contribution < 1.29 is 8.95 Å². The Kier molecular flexibility index (Phi) is 6.65. The lowest BCUT2D eigenvalue weighted by molar-refractivity contribution is 0.234. The molecule has 3 rings (SSSR count). The van der Waals surface area contributed by atoms with Gasteiger partial charge in [0.15, 0.2) is 0 Å². The molecule has 1 heterocycles. The number of likely N-dealkylation sites (tertiary alicyclic amines) is 1. The minimum Gasteiger partial charge on any atom is -0.493 e. The molecule has 1 aliphatic heterocycles. The van der Waals surface area contributed by atoms with E-state index in [9.17, 15) is 4.21 Å². The van der Waals surface area contributed by atoms with E-state index >= 15 is 0 Å². The van der Waals surface area contributed by atoms with Crippen LogP contribution in [0.4, 0.5) is 0 Å². The number of hydrogen-bond donors (Lipinski definition) is 0. The van der Waals surface area contributed by atoms with Gasteiger partial charge < -0.3 is 4.74 Å². The third kappa shape index (κ3) is 5.41. The van der Waals surface area contributed by atoms with Crippen LogP contribution in [0.1, 0.15) is 24.5 Å². The van der Waals surface area contributed by atoms with Crippen molar-refractivity contribution in [3.63, 3.8) is 0 Å². The lowest BCUT2D eigenvalue weighted by atomic mass is 10.1. The van der Waals surface area contributed by atoms with E-state index in [1.165, 1.54) is 5.56 Å². The first-order chi connectivity index (χ1) is 13.0. The van der Waals surface area contributed by atoms with Crippen LogP contribution in [0.3, 0.4) is 0 Å². The van der Waals surface area contributed by atoms with Crippen LogP contribution in [-0.4, -0.2) is 41.1 Å². The van der Waals surface area contributed by atoms with Gasteiger partial charge in [0.1, 0.15) is 5.75 Å². The van der Waals surface area contributed by atoms with Crippen LogP contribution in [-0.2, 0) is 17.2 Å². The lowest BCUT2D eigenvalue weighted by Gasteiger charge is -2.21. The van der Waals surface area contributed by atoms with Gasteiger partial charge in [0.25, 0.3) is 0 Å². The molecule has 0 saturated carbocycles. The van der Waals surface area contributed by atoms with E-state index in [0.29, 0.717) is 18.6 Å². The molecule has 2 aromatic carbocycles. The van der Waals surface area contributed by atoms with Gasteiger partial charge in [-0.3, -0.25) is 9.11 Å². The molecule has 0 amide bonds. The van der Waals surface area contributed by atoms with Crippen molar-refractivity contribution in [1.82, 2.24) is 4.90 Å². The average Bonchev–Trinajstić information content (AvgIpc) is 3.05. The SMILES string of the molecule is C[C@@H]1C[C@H](COc2ccc(S(C)=O)cc2)CN1CCc1cccc(C#N)c1. The van der Waals surface area contributed by atoms with Crippen molar-refractivity contribution in [3.8, 4) is 11.8 Å². The Balaban J connectivity index is 1.47. The molecule has 0 radical (unpaired) electrons. The van der Waals surface area contributed by atoms with Crippen LogP contribution in [0, 0.1) is 17.2 Å². The normalized spacial score (nSPS) is 20.9. The summed E-state index contributed by atoms with van der Waals surface area (Å²) in [6.07, 6.45) is 3.78. The van der Waals surface area contributed by atoms with Gasteiger partial charge in [0, 0.05) is 47.0 Å². The monoisotopic (exact) mass is 382 g/mol. The summed E-state index contributed by atoms with van der Waals surface area (Å²) in [7, 11) is -0.953. The summed E-state index contributed by atoms with van der Waals surface area (Å²) < 4.78 is 17.4. The zero-order valence-electron chi connectivity index (χ0n) is 15.9. The van der Waals surface area contributed by atoms with E-state index in [1.807, 2.05) is 42.5 Å². The van der Waals surface area contributed by atoms with Crippen LogP contribution < -0.4 is 4.74 Å². The molecule has 0 aliphatic carbocycles. The Morgan fingerprint density at radius 3 is 2.74 bits per heavy atom. The number of nitrogens with zero attached hydrogens (tertiary/aromatic N) is 2. The summed E-state index contributed by atoms with van der Waals surface area (Å²) in [6.45, 7) is 5.02. The second kappa shape index (κ2) is 9.16. The van der Waals surface area contributed by atoms with Crippen LogP contribution in [0.2, 0.25) is 0 Å². The highest BCUT2D eigenvalue weighted by Crippen LogP contribution is 2.25. The van der Waals surface area contributed by atoms with Crippen molar-refractivity contribution in [2.45, 2.75) is 30.7 Å². The molecule has 1 unspecified atom stereocenters. The molecule has 2 aromatic rings. The topological polar surface area (TPSA) is 53.3 Å². The molecule has 142 valence electrons. The van der Waals surface area contributed by atoms with Crippen LogP contribution in [0.15, 0.2) is 53.4 Å². The van der Waals surface area contributed by atoms with Crippen LogP contribution in [0.5, 0.6) is 5.75 Å². The Bertz CT molecular complexity index is 829. The second-order valence-electron chi connectivity index (χ2n) is 7.24. The standard InChI is InChI=1S/C22H26N2O2S/c1-17-12-20(16-26-21-6-8-22(9-7-21)27(2)25)15-24(17)11-10-18-4-3-5-19(13-18)14-23/h3-9,13,17,20H,10-12,15-16H2,1-2H3/t17-,20+,27?/m1/s1. The smallest absolute Gasteiger partial charge is 0.119 e. The molecule has 1 aliphatic rings. The molecule has 4 nitrogen and oxygen atoms in total. The Hall–Kier alpha value is -2.16. The van der Waals surface area contributed by atoms with E-state index in [2.05, 4.69) is 24.0 Å². The van der Waals surface area contributed by atoms with Gasteiger partial charge in [0.05, 0.1) is 18.2 Å². The maximum atomic E-state index is 11.4. The summed E-state index contributed by atoms with van der Waals surface area (Å²) in [5.41, 5.74) is 1.94. The molecule has 0 N–H and O–H groups in total. The van der Waals surface area contributed by atoms with Crippen LogP contribution >= 0.6 is 0 Å². The molecule has 3 atom stereocenters. The Morgan fingerprint density at radius 2 is 2.04 bits per heavy atom. The summed E-state index contributed by atoms with van der Waals surface area (Å²) in [4.78, 5) is 3.33. The van der Waals surface area contributed by atoms with E-state index < -0.39 is 10.8 Å². The van der Waals surface area contributed by atoms with E-state index in [1.54, 1.807) is 6.26 Å². The summed E-state index contributed by atoms with van der Waals surface area (Å²) in [6, 6.07) is 18.2. The fourth-order valence-corrected chi connectivity index (χ4v) is 4.18. The zero-order chi connectivity index (χ0) is 19.2. The third-order valence-electron chi connectivity index (χ3n) is 5.18. The zero-order valence-corrected chi connectivity index (χ0v) is 16.7. The number of ether oxygens (including phenoxy) is 1. The van der Waals surface area contributed by atoms with E-state index in [-0.39, 0.29) is 0 Å².